The van der Waals surface area contributed by atoms with Gasteiger partial charge in [-0.3, -0.25) is 13.8 Å². The Hall–Kier alpha value is -3.14. The van der Waals surface area contributed by atoms with Crippen LogP contribution in [0.1, 0.15) is 31.4 Å². The van der Waals surface area contributed by atoms with Crippen LogP contribution < -0.4 is 10.5 Å². The zero-order chi connectivity index (χ0) is 22.9. The maximum atomic E-state index is 13.1. The van der Waals surface area contributed by atoms with E-state index in [1.807, 2.05) is 18.2 Å². The number of anilines is 1. The minimum Gasteiger partial charge on any atom is -0.337 e. The average Bonchev–Trinajstić information content (AvgIpc) is 3.10. The zero-order valence-electron chi connectivity index (χ0n) is 18.4. The summed E-state index contributed by atoms with van der Waals surface area (Å²) in [6.07, 6.45) is 8.58. The molecule has 1 amide bonds. The van der Waals surface area contributed by atoms with E-state index in [9.17, 15) is 13.8 Å². The molecular formula is C23H26N6O3S. The minimum atomic E-state index is -1.10. The molecule has 2 aliphatic rings. The van der Waals surface area contributed by atoms with Gasteiger partial charge in [0.2, 0.25) is 11.9 Å². The Bertz CT molecular complexity index is 1250. The lowest BCUT2D eigenvalue weighted by molar-refractivity contribution is -0.134. The molecule has 4 heterocycles. The van der Waals surface area contributed by atoms with Crippen molar-refractivity contribution < 1.29 is 9.00 Å². The van der Waals surface area contributed by atoms with E-state index in [0.717, 1.165) is 23.9 Å². The molecule has 172 valence electrons. The van der Waals surface area contributed by atoms with E-state index >= 15 is 0 Å². The molecule has 2 aromatic heterocycles. The van der Waals surface area contributed by atoms with Gasteiger partial charge in [0.05, 0.1) is 26.8 Å². The number of hydrogen-bond acceptors (Lipinski definition) is 7. The number of nitrogens with zero attached hydrogens (tertiary/aromatic N) is 5. The van der Waals surface area contributed by atoms with Crippen molar-refractivity contribution in [2.45, 2.75) is 49.1 Å². The Labute approximate surface area is 193 Å². The summed E-state index contributed by atoms with van der Waals surface area (Å²) < 4.78 is 11.6. The van der Waals surface area contributed by atoms with Gasteiger partial charge in [-0.15, -0.1) is 0 Å². The van der Waals surface area contributed by atoms with Gasteiger partial charge in [0.1, 0.15) is 0 Å². The number of amides is 1. The predicted octanol–water partition coefficient (Wildman–Crippen LogP) is 1.65. The fourth-order valence-corrected chi connectivity index (χ4v) is 5.40. The van der Waals surface area contributed by atoms with Crippen LogP contribution in [0.15, 0.2) is 46.3 Å². The molecule has 3 atom stereocenters. The third-order valence-corrected chi connectivity index (χ3v) is 7.45. The van der Waals surface area contributed by atoms with E-state index in [4.69, 9.17) is 0 Å². The molecule has 2 saturated heterocycles. The number of aryl methyl sites for hydroxylation is 1. The summed E-state index contributed by atoms with van der Waals surface area (Å²) in [6.45, 7) is 1.42. The van der Waals surface area contributed by atoms with Gasteiger partial charge in [0, 0.05) is 55.6 Å². The summed E-state index contributed by atoms with van der Waals surface area (Å²) in [5.41, 5.74) is 0.626. The van der Waals surface area contributed by atoms with E-state index in [0.29, 0.717) is 48.6 Å². The first-order chi connectivity index (χ1) is 16.0. The van der Waals surface area contributed by atoms with Crippen LogP contribution in [0.5, 0.6) is 0 Å². The number of nitrogens with one attached hydrogen (secondary N) is 1. The molecule has 1 aromatic carbocycles. The van der Waals surface area contributed by atoms with Crippen LogP contribution in [-0.2, 0) is 22.0 Å². The maximum absolute atomic E-state index is 13.1. The Morgan fingerprint density at radius 2 is 1.79 bits per heavy atom. The van der Waals surface area contributed by atoms with Crippen molar-refractivity contribution in [2.24, 2.45) is 0 Å². The summed E-state index contributed by atoms with van der Waals surface area (Å²) in [6, 6.07) is 7.75. The molecule has 1 N–H and O–H groups in total. The molecule has 3 unspecified atom stereocenters. The molecule has 2 bridgehead atoms. The van der Waals surface area contributed by atoms with Crippen molar-refractivity contribution in [2.75, 3.05) is 24.2 Å². The number of fused-ring (bicyclic) bond motifs is 3. The molecule has 9 nitrogen and oxygen atoms in total. The Morgan fingerprint density at radius 1 is 1.12 bits per heavy atom. The first kappa shape index (κ1) is 21.7. The van der Waals surface area contributed by atoms with Gasteiger partial charge in [-0.1, -0.05) is 18.2 Å². The van der Waals surface area contributed by atoms with Crippen LogP contribution >= 0.6 is 0 Å². The first-order valence-electron chi connectivity index (χ1n) is 11.2. The lowest BCUT2D eigenvalue weighted by atomic mass is 10.1. The molecule has 0 radical (unpaired) electrons. The number of carbonyl (C=O) groups is 1. The number of carbonyl (C=O) groups excluding carboxylic acids is 1. The number of piperazine rings is 1. The highest BCUT2D eigenvalue weighted by Gasteiger charge is 2.42. The minimum absolute atomic E-state index is 0.159. The predicted molar refractivity (Wildman–Crippen MR) is 126 cm³/mol. The number of hydrogen-bond donors (Lipinski definition) is 1. The Morgan fingerprint density at radius 3 is 2.45 bits per heavy atom. The second-order valence-electron chi connectivity index (χ2n) is 8.66. The van der Waals surface area contributed by atoms with Crippen LogP contribution in [-0.4, -0.2) is 66.6 Å². The van der Waals surface area contributed by atoms with E-state index in [2.05, 4.69) is 30.0 Å². The number of aromatic nitrogens is 4. The van der Waals surface area contributed by atoms with Gasteiger partial charge >= 0.3 is 0 Å². The van der Waals surface area contributed by atoms with E-state index in [1.54, 1.807) is 24.7 Å². The van der Waals surface area contributed by atoms with Gasteiger partial charge < -0.3 is 9.80 Å². The molecule has 3 aromatic rings. The van der Waals surface area contributed by atoms with Crippen LogP contribution in [0.2, 0.25) is 0 Å². The van der Waals surface area contributed by atoms with Crippen molar-refractivity contribution in [1.82, 2.24) is 25.1 Å². The molecule has 0 aliphatic carbocycles. The summed E-state index contributed by atoms with van der Waals surface area (Å²) in [4.78, 5) is 38.6. The van der Waals surface area contributed by atoms with Gasteiger partial charge in [-0.2, -0.15) is 5.10 Å². The third kappa shape index (κ3) is 4.27. The quantitative estimate of drug-likeness (QED) is 0.588. The lowest BCUT2D eigenvalue weighted by Gasteiger charge is -2.41. The van der Waals surface area contributed by atoms with Crippen LogP contribution in [0.3, 0.4) is 0 Å². The largest absolute Gasteiger partial charge is 0.337 e. The standard InChI is InChI=1S/C23H26N6O3S/c1-33(32)17-11-24-23(25-12-17)28-13-15-9-10-16(14-28)29(15)21(30)8-4-7-20-18-5-2-3-6-19(18)22(31)27-26-20/h2-3,5-6,11-12,15-16H,4,7-10,13-14H2,1H3,(H,27,31). The number of rotatable bonds is 6. The topological polar surface area (TPSA) is 112 Å². The molecular weight excluding hydrogens is 440 g/mol. The average molecular weight is 467 g/mol. The molecule has 2 aliphatic heterocycles. The molecule has 33 heavy (non-hydrogen) atoms. The highest BCUT2D eigenvalue weighted by Crippen LogP contribution is 2.32. The zero-order valence-corrected chi connectivity index (χ0v) is 19.3. The van der Waals surface area contributed by atoms with Crippen molar-refractivity contribution in [3.8, 4) is 0 Å². The van der Waals surface area contributed by atoms with E-state index < -0.39 is 10.8 Å². The summed E-state index contributed by atoms with van der Waals surface area (Å²) in [5, 5.41) is 8.26. The van der Waals surface area contributed by atoms with Crippen LogP contribution in [0, 0.1) is 0 Å². The summed E-state index contributed by atoms with van der Waals surface area (Å²) in [7, 11) is -1.10. The smallest absolute Gasteiger partial charge is 0.272 e. The normalized spacial score (nSPS) is 20.9. The second-order valence-corrected chi connectivity index (χ2v) is 10.0. The Balaban J connectivity index is 1.21. The summed E-state index contributed by atoms with van der Waals surface area (Å²) in [5.74, 6) is 0.803. The highest BCUT2D eigenvalue weighted by molar-refractivity contribution is 7.84. The van der Waals surface area contributed by atoms with Crippen LogP contribution in [0.4, 0.5) is 5.95 Å². The fourth-order valence-electron chi connectivity index (χ4n) is 4.99. The highest BCUT2D eigenvalue weighted by atomic mass is 32.2. The lowest BCUT2D eigenvalue weighted by Crippen LogP contribution is -2.56. The molecule has 5 rings (SSSR count). The van der Waals surface area contributed by atoms with Gasteiger partial charge in [0.15, 0.2) is 0 Å². The van der Waals surface area contributed by atoms with Crippen molar-refractivity contribution in [3.05, 3.63) is 52.7 Å². The van der Waals surface area contributed by atoms with Crippen LogP contribution in [0.25, 0.3) is 10.8 Å². The van der Waals surface area contributed by atoms with Crippen molar-refractivity contribution in [3.63, 3.8) is 0 Å². The van der Waals surface area contributed by atoms with Gasteiger partial charge in [-0.05, 0) is 31.7 Å². The van der Waals surface area contributed by atoms with E-state index in [1.165, 1.54) is 0 Å². The number of H-pyrrole nitrogens is 1. The van der Waals surface area contributed by atoms with Crippen molar-refractivity contribution >= 4 is 33.4 Å². The molecule has 0 spiro atoms. The number of benzene rings is 1. The molecule has 10 heteroatoms. The third-order valence-electron chi connectivity index (χ3n) is 6.58. The monoisotopic (exact) mass is 466 g/mol. The van der Waals surface area contributed by atoms with Gasteiger partial charge in [-0.25, -0.2) is 15.1 Å². The van der Waals surface area contributed by atoms with Gasteiger partial charge in [0.25, 0.3) is 5.56 Å². The van der Waals surface area contributed by atoms with Crippen molar-refractivity contribution in [1.29, 1.82) is 0 Å². The maximum Gasteiger partial charge on any atom is 0.272 e. The van der Waals surface area contributed by atoms with E-state index in [-0.39, 0.29) is 23.6 Å². The summed E-state index contributed by atoms with van der Waals surface area (Å²) >= 11 is 0. The first-order valence-corrected chi connectivity index (χ1v) is 12.7. The molecule has 2 fully saturated rings. The SMILES string of the molecule is CS(=O)c1cnc(N2CC3CCC(C2)N3C(=O)CCCc2n[nH]c(=O)c3ccccc23)nc1. The fraction of sp³-hybridized carbons (Fsp3) is 0.435. The molecule has 0 saturated carbocycles. The second kappa shape index (κ2) is 9.01. The number of aromatic amines is 1. The Kier molecular flexibility index (Phi) is 5.92.